The van der Waals surface area contributed by atoms with Gasteiger partial charge in [0, 0.05) is 29.3 Å². The van der Waals surface area contributed by atoms with E-state index in [1.807, 2.05) is 53.8 Å². The Balaban J connectivity index is 2.87. The zero-order valence-electron chi connectivity index (χ0n) is 14.3. The van der Waals surface area contributed by atoms with Crippen LogP contribution in [0.5, 0.6) is 0 Å². The summed E-state index contributed by atoms with van der Waals surface area (Å²) in [5, 5.41) is 8.78. The number of anilines is 2. The van der Waals surface area contributed by atoms with Crippen LogP contribution in [0.15, 0.2) is 18.2 Å². The Morgan fingerprint density at radius 2 is 1.82 bits per heavy atom. The van der Waals surface area contributed by atoms with Crippen molar-refractivity contribution < 1.29 is 9.59 Å². The second-order valence-electron chi connectivity index (χ2n) is 6.68. The van der Waals surface area contributed by atoms with E-state index in [0.717, 1.165) is 11.3 Å². The van der Waals surface area contributed by atoms with Crippen molar-refractivity contribution in [1.29, 1.82) is 0 Å². The largest absolute Gasteiger partial charge is 0.326 e. The smallest absolute Gasteiger partial charge is 0.229 e. The summed E-state index contributed by atoms with van der Waals surface area (Å²) >= 11 is 0. The summed E-state index contributed by atoms with van der Waals surface area (Å²) in [5.74, 6) is -0.230. The molecule has 0 bridgehead atoms. The van der Waals surface area contributed by atoms with Gasteiger partial charge in [-0.3, -0.25) is 9.59 Å². The van der Waals surface area contributed by atoms with E-state index in [4.69, 9.17) is 0 Å². The first kappa shape index (κ1) is 18.2. The molecule has 0 heterocycles. The number of carbonyl (C=O) groups is 2. The van der Waals surface area contributed by atoms with Crippen molar-refractivity contribution in [2.75, 3.05) is 24.2 Å². The molecular weight excluding hydrogens is 278 g/mol. The SMILES string of the molecule is CNCC(C)C(=O)Nc1cc(NC(=O)C(C)(C)C)ccc1C. The lowest BCUT2D eigenvalue weighted by atomic mass is 9.95. The zero-order chi connectivity index (χ0) is 16.9. The van der Waals surface area contributed by atoms with E-state index in [1.165, 1.54) is 0 Å². The molecule has 1 aromatic carbocycles. The van der Waals surface area contributed by atoms with Crippen LogP contribution in [0.3, 0.4) is 0 Å². The Bertz CT molecular complexity index is 547. The lowest BCUT2D eigenvalue weighted by Crippen LogP contribution is -2.29. The normalized spacial score (nSPS) is 12.6. The predicted octanol–water partition coefficient (Wildman–Crippen LogP) is 2.77. The van der Waals surface area contributed by atoms with Gasteiger partial charge in [-0.1, -0.05) is 33.8 Å². The van der Waals surface area contributed by atoms with Crippen molar-refractivity contribution in [2.45, 2.75) is 34.6 Å². The van der Waals surface area contributed by atoms with E-state index < -0.39 is 5.41 Å². The molecule has 0 aliphatic heterocycles. The van der Waals surface area contributed by atoms with Gasteiger partial charge in [0.1, 0.15) is 0 Å². The van der Waals surface area contributed by atoms with Gasteiger partial charge in [-0.2, -0.15) is 0 Å². The quantitative estimate of drug-likeness (QED) is 0.783. The molecule has 1 atom stereocenters. The van der Waals surface area contributed by atoms with Crippen molar-refractivity contribution >= 4 is 23.2 Å². The highest BCUT2D eigenvalue weighted by atomic mass is 16.2. The standard InChI is InChI=1S/C17H27N3O2/c1-11-7-8-13(19-16(22)17(3,4)5)9-14(11)20-15(21)12(2)10-18-6/h7-9,12,18H,10H2,1-6H3,(H,19,22)(H,20,21). The van der Waals surface area contributed by atoms with Crippen LogP contribution < -0.4 is 16.0 Å². The molecule has 1 unspecified atom stereocenters. The number of benzene rings is 1. The fraction of sp³-hybridized carbons (Fsp3) is 0.529. The molecule has 0 aliphatic rings. The number of hydrogen-bond acceptors (Lipinski definition) is 3. The van der Waals surface area contributed by atoms with Crippen LogP contribution in [0, 0.1) is 18.3 Å². The third-order valence-corrected chi connectivity index (χ3v) is 3.39. The van der Waals surface area contributed by atoms with E-state index in [0.29, 0.717) is 12.2 Å². The minimum atomic E-state index is -0.463. The number of amides is 2. The molecule has 22 heavy (non-hydrogen) atoms. The average molecular weight is 305 g/mol. The minimum absolute atomic E-state index is 0.0447. The molecule has 5 heteroatoms. The average Bonchev–Trinajstić information content (AvgIpc) is 2.41. The molecule has 1 rings (SSSR count). The first-order chi connectivity index (χ1) is 10.1. The summed E-state index contributed by atoms with van der Waals surface area (Å²) in [5.41, 5.74) is 1.90. The summed E-state index contributed by atoms with van der Waals surface area (Å²) < 4.78 is 0. The lowest BCUT2D eigenvalue weighted by Gasteiger charge is -2.19. The monoisotopic (exact) mass is 305 g/mol. The Labute approximate surface area is 132 Å². The minimum Gasteiger partial charge on any atom is -0.326 e. The fourth-order valence-corrected chi connectivity index (χ4v) is 1.81. The molecule has 0 aromatic heterocycles. The Hall–Kier alpha value is -1.88. The van der Waals surface area contributed by atoms with Crippen molar-refractivity contribution in [3.05, 3.63) is 23.8 Å². The topological polar surface area (TPSA) is 70.2 Å². The van der Waals surface area contributed by atoms with E-state index in [2.05, 4.69) is 16.0 Å². The van der Waals surface area contributed by atoms with Gasteiger partial charge < -0.3 is 16.0 Å². The molecule has 0 saturated heterocycles. The van der Waals surface area contributed by atoms with Crippen LogP contribution in [0.25, 0.3) is 0 Å². The summed E-state index contributed by atoms with van der Waals surface area (Å²) in [4.78, 5) is 24.1. The van der Waals surface area contributed by atoms with Crippen LogP contribution in [0.1, 0.15) is 33.3 Å². The molecule has 1 aromatic rings. The molecule has 0 radical (unpaired) electrons. The summed E-state index contributed by atoms with van der Waals surface area (Å²) in [6, 6.07) is 5.52. The molecule has 0 fully saturated rings. The van der Waals surface area contributed by atoms with Crippen molar-refractivity contribution in [1.82, 2.24) is 5.32 Å². The van der Waals surface area contributed by atoms with Gasteiger partial charge in [-0.05, 0) is 31.7 Å². The number of nitrogens with one attached hydrogen (secondary N) is 3. The van der Waals surface area contributed by atoms with Crippen LogP contribution in [-0.4, -0.2) is 25.4 Å². The Kier molecular flexibility index (Phi) is 6.11. The highest BCUT2D eigenvalue weighted by Gasteiger charge is 2.21. The van der Waals surface area contributed by atoms with E-state index in [9.17, 15) is 9.59 Å². The van der Waals surface area contributed by atoms with Gasteiger partial charge in [0.15, 0.2) is 0 Å². The van der Waals surface area contributed by atoms with Gasteiger partial charge in [-0.15, -0.1) is 0 Å². The van der Waals surface area contributed by atoms with Crippen LogP contribution in [-0.2, 0) is 9.59 Å². The maximum absolute atomic E-state index is 12.1. The molecule has 2 amide bonds. The van der Waals surface area contributed by atoms with Crippen molar-refractivity contribution in [2.24, 2.45) is 11.3 Å². The summed E-state index contributed by atoms with van der Waals surface area (Å²) in [6.07, 6.45) is 0. The number of carbonyl (C=O) groups excluding carboxylic acids is 2. The van der Waals surface area contributed by atoms with Gasteiger partial charge in [0.2, 0.25) is 11.8 Å². The maximum atomic E-state index is 12.1. The van der Waals surface area contributed by atoms with E-state index in [-0.39, 0.29) is 17.7 Å². The summed E-state index contributed by atoms with van der Waals surface area (Å²) in [6.45, 7) is 9.99. The second kappa shape index (κ2) is 7.40. The van der Waals surface area contributed by atoms with E-state index in [1.54, 1.807) is 6.07 Å². The van der Waals surface area contributed by atoms with Crippen LogP contribution >= 0.6 is 0 Å². The van der Waals surface area contributed by atoms with Gasteiger partial charge in [-0.25, -0.2) is 0 Å². The summed E-state index contributed by atoms with van der Waals surface area (Å²) in [7, 11) is 1.82. The predicted molar refractivity (Wildman–Crippen MR) is 91.0 cm³/mol. The first-order valence-electron chi connectivity index (χ1n) is 7.52. The van der Waals surface area contributed by atoms with Crippen LogP contribution in [0.4, 0.5) is 11.4 Å². The molecule has 0 saturated carbocycles. The molecule has 3 N–H and O–H groups in total. The zero-order valence-corrected chi connectivity index (χ0v) is 14.3. The number of hydrogen-bond donors (Lipinski definition) is 3. The molecule has 122 valence electrons. The molecule has 0 spiro atoms. The van der Waals surface area contributed by atoms with E-state index >= 15 is 0 Å². The van der Waals surface area contributed by atoms with Gasteiger partial charge in [0.25, 0.3) is 0 Å². The number of aryl methyl sites for hydroxylation is 1. The Morgan fingerprint density at radius 3 is 2.36 bits per heavy atom. The maximum Gasteiger partial charge on any atom is 0.229 e. The first-order valence-corrected chi connectivity index (χ1v) is 7.52. The molecular formula is C17H27N3O2. The second-order valence-corrected chi connectivity index (χ2v) is 6.68. The number of rotatable bonds is 5. The highest BCUT2D eigenvalue weighted by Crippen LogP contribution is 2.23. The third-order valence-electron chi connectivity index (χ3n) is 3.39. The van der Waals surface area contributed by atoms with Gasteiger partial charge in [0.05, 0.1) is 0 Å². The Morgan fingerprint density at radius 1 is 1.18 bits per heavy atom. The van der Waals surface area contributed by atoms with Gasteiger partial charge >= 0.3 is 0 Å². The highest BCUT2D eigenvalue weighted by molar-refractivity contribution is 5.97. The lowest BCUT2D eigenvalue weighted by molar-refractivity contribution is -0.123. The van der Waals surface area contributed by atoms with Crippen molar-refractivity contribution in [3.63, 3.8) is 0 Å². The fourth-order valence-electron chi connectivity index (χ4n) is 1.81. The van der Waals surface area contributed by atoms with Crippen molar-refractivity contribution in [3.8, 4) is 0 Å². The molecule has 5 nitrogen and oxygen atoms in total. The molecule has 0 aliphatic carbocycles. The van der Waals surface area contributed by atoms with Crippen LogP contribution in [0.2, 0.25) is 0 Å². The third kappa shape index (κ3) is 5.15.